The lowest BCUT2D eigenvalue weighted by Crippen LogP contribution is -2.41. The van der Waals surface area contributed by atoms with Crippen LogP contribution in [-0.4, -0.2) is 15.3 Å². The summed E-state index contributed by atoms with van der Waals surface area (Å²) in [5.41, 5.74) is 1.60. The molecule has 2 rings (SSSR count). The summed E-state index contributed by atoms with van der Waals surface area (Å²) in [7, 11) is 2.01. The average Bonchev–Trinajstić information content (AvgIpc) is 2.54. The van der Waals surface area contributed by atoms with E-state index in [9.17, 15) is 0 Å². The number of hydrogen-bond acceptors (Lipinski definition) is 2. The molecule has 1 aromatic heterocycles. The number of nitrogens with zero attached hydrogens (tertiary/aromatic N) is 2. The van der Waals surface area contributed by atoms with Crippen molar-refractivity contribution in [3.05, 3.63) is 18.0 Å². The summed E-state index contributed by atoms with van der Waals surface area (Å²) in [6.45, 7) is 3.31. The van der Waals surface area contributed by atoms with Crippen LogP contribution in [0.2, 0.25) is 0 Å². The molecule has 3 nitrogen and oxygen atoms in total. The average molecular weight is 221 g/mol. The van der Waals surface area contributed by atoms with Crippen LogP contribution in [0.1, 0.15) is 51.1 Å². The van der Waals surface area contributed by atoms with Crippen LogP contribution in [0.5, 0.6) is 0 Å². The van der Waals surface area contributed by atoms with Gasteiger partial charge in [0.2, 0.25) is 0 Å². The molecule has 16 heavy (non-hydrogen) atoms. The Labute approximate surface area is 98.2 Å². The van der Waals surface area contributed by atoms with Gasteiger partial charge < -0.3 is 5.32 Å². The van der Waals surface area contributed by atoms with Crippen LogP contribution in [-0.2, 0) is 13.6 Å². The zero-order chi connectivity index (χ0) is 11.4. The molecule has 0 unspecified atom stereocenters. The SMILES string of the molecule is Cn1nccc1CNC1(C)CCCCCC1. The van der Waals surface area contributed by atoms with Gasteiger partial charge in [-0.05, 0) is 25.8 Å². The molecule has 0 aliphatic heterocycles. The molecule has 1 fully saturated rings. The Morgan fingerprint density at radius 3 is 2.56 bits per heavy atom. The summed E-state index contributed by atoms with van der Waals surface area (Å²) < 4.78 is 1.95. The minimum atomic E-state index is 0.334. The zero-order valence-corrected chi connectivity index (χ0v) is 10.5. The van der Waals surface area contributed by atoms with E-state index in [0.29, 0.717) is 5.54 Å². The largest absolute Gasteiger partial charge is 0.306 e. The van der Waals surface area contributed by atoms with E-state index >= 15 is 0 Å². The van der Waals surface area contributed by atoms with E-state index in [1.54, 1.807) is 0 Å². The van der Waals surface area contributed by atoms with Gasteiger partial charge >= 0.3 is 0 Å². The molecule has 90 valence electrons. The molecule has 1 N–H and O–H groups in total. The maximum Gasteiger partial charge on any atom is 0.0518 e. The Morgan fingerprint density at radius 1 is 1.31 bits per heavy atom. The molecule has 1 aliphatic carbocycles. The van der Waals surface area contributed by atoms with Gasteiger partial charge in [0.25, 0.3) is 0 Å². The van der Waals surface area contributed by atoms with Crippen molar-refractivity contribution in [3.8, 4) is 0 Å². The number of aryl methyl sites for hydroxylation is 1. The number of aromatic nitrogens is 2. The smallest absolute Gasteiger partial charge is 0.0518 e. The standard InChI is InChI=1S/C13H23N3/c1-13(8-5-3-4-6-9-13)14-11-12-7-10-15-16(12)2/h7,10,14H,3-6,8-9,11H2,1-2H3. The van der Waals surface area contributed by atoms with E-state index in [-0.39, 0.29) is 0 Å². The molecule has 0 bridgehead atoms. The summed E-state index contributed by atoms with van der Waals surface area (Å²) in [6.07, 6.45) is 10.0. The molecule has 0 atom stereocenters. The Hall–Kier alpha value is -0.830. The van der Waals surface area contributed by atoms with Crippen molar-refractivity contribution in [2.75, 3.05) is 0 Å². The lowest BCUT2D eigenvalue weighted by atomic mass is 9.92. The van der Waals surface area contributed by atoms with Crippen molar-refractivity contribution in [1.29, 1.82) is 0 Å². The van der Waals surface area contributed by atoms with E-state index in [1.165, 1.54) is 44.2 Å². The van der Waals surface area contributed by atoms with Crippen molar-refractivity contribution in [3.63, 3.8) is 0 Å². The topological polar surface area (TPSA) is 29.9 Å². The van der Waals surface area contributed by atoms with Gasteiger partial charge in [0.1, 0.15) is 0 Å². The highest BCUT2D eigenvalue weighted by atomic mass is 15.3. The van der Waals surface area contributed by atoms with Gasteiger partial charge in [-0.3, -0.25) is 4.68 Å². The van der Waals surface area contributed by atoms with Gasteiger partial charge in [-0.15, -0.1) is 0 Å². The van der Waals surface area contributed by atoms with Crippen LogP contribution < -0.4 is 5.32 Å². The van der Waals surface area contributed by atoms with Crippen molar-refractivity contribution in [1.82, 2.24) is 15.1 Å². The molecule has 0 amide bonds. The molecular formula is C13H23N3. The van der Waals surface area contributed by atoms with E-state index in [1.807, 2.05) is 17.9 Å². The van der Waals surface area contributed by atoms with Gasteiger partial charge in [-0.1, -0.05) is 25.7 Å². The van der Waals surface area contributed by atoms with Gasteiger partial charge in [-0.25, -0.2) is 0 Å². The summed E-state index contributed by atoms with van der Waals surface area (Å²) in [4.78, 5) is 0. The first kappa shape index (κ1) is 11.6. The predicted octanol–water partition coefficient (Wildman–Crippen LogP) is 2.62. The first-order valence-corrected chi connectivity index (χ1v) is 6.42. The summed E-state index contributed by atoms with van der Waals surface area (Å²) >= 11 is 0. The Morgan fingerprint density at radius 2 is 2.00 bits per heavy atom. The molecular weight excluding hydrogens is 198 g/mol. The minimum absolute atomic E-state index is 0.334. The fourth-order valence-electron chi connectivity index (χ4n) is 2.56. The van der Waals surface area contributed by atoms with Crippen LogP contribution in [0, 0.1) is 0 Å². The summed E-state index contributed by atoms with van der Waals surface area (Å²) in [6, 6.07) is 2.09. The lowest BCUT2D eigenvalue weighted by Gasteiger charge is -2.29. The number of hydrogen-bond donors (Lipinski definition) is 1. The zero-order valence-electron chi connectivity index (χ0n) is 10.5. The molecule has 1 saturated carbocycles. The fourth-order valence-corrected chi connectivity index (χ4v) is 2.56. The highest BCUT2D eigenvalue weighted by molar-refractivity contribution is 5.00. The van der Waals surface area contributed by atoms with Gasteiger partial charge in [0.05, 0.1) is 5.69 Å². The third kappa shape index (κ3) is 2.85. The van der Waals surface area contributed by atoms with Crippen molar-refractivity contribution in [2.24, 2.45) is 7.05 Å². The van der Waals surface area contributed by atoms with Crippen molar-refractivity contribution < 1.29 is 0 Å². The quantitative estimate of drug-likeness (QED) is 0.795. The van der Waals surface area contributed by atoms with Gasteiger partial charge in [-0.2, -0.15) is 5.10 Å². The first-order chi connectivity index (χ1) is 7.70. The molecule has 0 aromatic carbocycles. The lowest BCUT2D eigenvalue weighted by molar-refractivity contribution is 0.307. The molecule has 0 saturated heterocycles. The van der Waals surface area contributed by atoms with Crippen LogP contribution in [0.25, 0.3) is 0 Å². The van der Waals surface area contributed by atoms with Crippen LogP contribution in [0.4, 0.5) is 0 Å². The van der Waals surface area contributed by atoms with Crippen LogP contribution in [0.15, 0.2) is 12.3 Å². The van der Waals surface area contributed by atoms with Gasteiger partial charge in [0, 0.05) is 25.3 Å². The molecule has 3 heteroatoms. The monoisotopic (exact) mass is 221 g/mol. The Balaban J connectivity index is 1.90. The highest BCUT2D eigenvalue weighted by Crippen LogP contribution is 2.26. The molecule has 0 radical (unpaired) electrons. The third-order valence-electron chi connectivity index (χ3n) is 3.83. The second kappa shape index (κ2) is 5.00. The summed E-state index contributed by atoms with van der Waals surface area (Å²) in [5.74, 6) is 0. The second-order valence-electron chi connectivity index (χ2n) is 5.27. The molecule has 1 aliphatic rings. The molecule has 1 heterocycles. The normalized spacial score (nSPS) is 20.6. The molecule has 0 spiro atoms. The van der Waals surface area contributed by atoms with Crippen molar-refractivity contribution in [2.45, 2.75) is 57.5 Å². The third-order valence-corrected chi connectivity index (χ3v) is 3.83. The van der Waals surface area contributed by atoms with Crippen LogP contribution >= 0.6 is 0 Å². The van der Waals surface area contributed by atoms with E-state index in [0.717, 1.165) is 6.54 Å². The van der Waals surface area contributed by atoms with Crippen LogP contribution in [0.3, 0.4) is 0 Å². The van der Waals surface area contributed by atoms with E-state index < -0.39 is 0 Å². The van der Waals surface area contributed by atoms with Crippen molar-refractivity contribution >= 4 is 0 Å². The highest BCUT2D eigenvalue weighted by Gasteiger charge is 2.24. The first-order valence-electron chi connectivity index (χ1n) is 6.42. The van der Waals surface area contributed by atoms with Gasteiger partial charge in [0.15, 0.2) is 0 Å². The molecule has 1 aromatic rings. The Kier molecular flexibility index (Phi) is 3.64. The summed E-state index contributed by atoms with van der Waals surface area (Å²) in [5, 5.41) is 7.92. The fraction of sp³-hybridized carbons (Fsp3) is 0.769. The number of nitrogens with one attached hydrogen (secondary N) is 1. The second-order valence-corrected chi connectivity index (χ2v) is 5.27. The van der Waals surface area contributed by atoms with E-state index in [4.69, 9.17) is 0 Å². The minimum Gasteiger partial charge on any atom is -0.306 e. The Bertz CT molecular complexity index is 322. The maximum absolute atomic E-state index is 4.20. The number of rotatable bonds is 3. The van der Waals surface area contributed by atoms with E-state index in [2.05, 4.69) is 23.4 Å². The maximum atomic E-state index is 4.20. The predicted molar refractivity (Wildman–Crippen MR) is 66.2 cm³/mol.